The Morgan fingerprint density at radius 2 is 2.00 bits per heavy atom. The second-order valence-electron chi connectivity index (χ2n) is 6.56. The number of ether oxygens (including phenoxy) is 1. The predicted molar refractivity (Wildman–Crippen MR) is 103 cm³/mol. The van der Waals surface area contributed by atoms with Crippen LogP contribution in [0.25, 0.3) is 0 Å². The molecule has 144 valence electrons. The van der Waals surface area contributed by atoms with E-state index in [1.165, 1.54) is 5.56 Å². The van der Waals surface area contributed by atoms with Gasteiger partial charge in [0.05, 0.1) is 12.6 Å². The molecule has 1 aliphatic rings. The van der Waals surface area contributed by atoms with E-state index in [1.807, 2.05) is 53.2 Å². The van der Waals surface area contributed by atoms with Crippen LogP contribution in [-0.4, -0.2) is 60.8 Å². The molecule has 1 unspecified atom stereocenters. The number of methoxy groups -OCH3 is 1. The van der Waals surface area contributed by atoms with E-state index < -0.39 is 0 Å². The maximum atomic E-state index is 12.7. The third kappa shape index (κ3) is 4.89. The van der Waals surface area contributed by atoms with Gasteiger partial charge in [0.2, 0.25) is 0 Å². The molecule has 0 spiro atoms. The summed E-state index contributed by atoms with van der Waals surface area (Å²) in [6.07, 6.45) is 2.68. The molecule has 1 aromatic carbocycles. The first-order chi connectivity index (χ1) is 13.2. The van der Waals surface area contributed by atoms with Crippen LogP contribution in [0.3, 0.4) is 0 Å². The van der Waals surface area contributed by atoms with Crippen molar-refractivity contribution in [1.29, 1.82) is 0 Å². The Morgan fingerprint density at radius 1 is 1.19 bits per heavy atom. The highest BCUT2D eigenvalue weighted by atomic mass is 16.5. The Labute approximate surface area is 159 Å². The lowest BCUT2D eigenvalue weighted by Crippen LogP contribution is -2.54. The van der Waals surface area contributed by atoms with Gasteiger partial charge in [-0.15, -0.1) is 0 Å². The number of fused-ring (bicyclic) bond motifs is 1. The number of urea groups is 1. The first-order valence-electron chi connectivity index (χ1n) is 9.19. The molecule has 1 aromatic heterocycles. The lowest BCUT2D eigenvalue weighted by atomic mass is 10.1. The van der Waals surface area contributed by atoms with Crippen LogP contribution in [0.5, 0.6) is 0 Å². The van der Waals surface area contributed by atoms with Crippen molar-refractivity contribution in [2.75, 3.05) is 33.4 Å². The van der Waals surface area contributed by atoms with Gasteiger partial charge in [0.15, 0.2) is 0 Å². The van der Waals surface area contributed by atoms with Crippen molar-refractivity contribution in [3.63, 3.8) is 0 Å². The third-order valence-corrected chi connectivity index (χ3v) is 4.73. The molecule has 0 bridgehead atoms. The van der Waals surface area contributed by atoms with Crippen LogP contribution in [0.4, 0.5) is 4.79 Å². The van der Waals surface area contributed by atoms with Gasteiger partial charge in [0.25, 0.3) is 5.91 Å². The molecule has 1 aliphatic heterocycles. The fraction of sp³-hybridized carbons (Fsp3) is 0.400. The van der Waals surface area contributed by atoms with Gasteiger partial charge >= 0.3 is 6.03 Å². The molecule has 0 radical (unpaired) electrons. The highest BCUT2D eigenvalue weighted by molar-refractivity contribution is 5.93. The maximum absolute atomic E-state index is 12.7. The number of nitrogens with zero attached hydrogens (tertiary/aromatic N) is 2. The Morgan fingerprint density at radius 3 is 2.78 bits per heavy atom. The summed E-state index contributed by atoms with van der Waals surface area (Å²) in [5.41, 5.74) is 1.86. The van der Waals surface area contributed by atoms with Gasteiger partial charge < -0.3 is 24.8 Å². The minimum Gasteiger partial charge on any atom is -0.383 e. The van der Waals surface area contributed by atoms with E-state index in [9.17, 15) is 9.59 Å². The van der Waals surface area contributed by atoms with Crippen LogP contribution in [0.2, 0.25) is 0 Å². The molecule has 3 rings (SSSR count). The number of hydrogen-bond donors (Lipinski definition) is 2. The zero-order chi connectivity index (χ0) is 19.1. The molecule has 0 saturated carbocycles. The van der Waals surface area contributed by atoms with Crippen LogP contribution >= 0.6 is 0 Å². The Kier molecular flexibility index (Phi) is 6.49. The number of carbonyl (C=O) groups is 2. The van der Waals surface area contributed by atoms with Gasteiger partial charge in [-0.05, 0) is 24.1 Å². The van der Waals surface area contributed by atoms with Gasteiger partial charge in [-0.3, -0.25) is 4.79 Å². The molecule has 0 saturated heterocycles. The van der Waals surface area contributed by atoms with Gasteiger partial charge in [0, 0.05) is 39.5 Å². The molecular formula is C20H26N4O3. The number of hydrogen-bond acceptors (Lipinski definition) is 3. The van der Waals surface area contributed by atoms with Crippen LogP contribution < -0.4 is 10.6 Å². The fourth-order valence-electron chi connectivity index (χ4n) is 3.29. The molecule has 27 heavy (non-hydrogen) atoms. The highest BCUT2D eigenvalue weighted by Crippen LogP contribution is 2.17. The van der Waals surface area contributed by atoms with Crippen molar-refractivity contribution in [3.8, 4) is 0 Å². The smallest absolute Gasteiger partial charge is 0.314 e. The summed E-state index contributed by atoms with van der Waals surface area (Å²) in [7, 11) is 1.62. The molecule has 2 N–H and O–H groups in total. The normalized spacial score (nSPS) is 16.1. The van der Waals surface area contributed by atoms with E-state index in [0.29, 0.717) is 38.5 Å². The lowest BCUT2D eigenvalue weighted by Gasteiger charge is -2.36. The van der Waals surface area contributed by atoms with E-state index >= 15 is 0 Å². The third-order valence-electron chi connectivity index (χ3n) is 4.73. The van der Waals surface area contributed by atoms with E-state index in [1.54, 1.807) is 12.0 Å². The average Bonchev–Trinajstić information content (AvgIpc) is 3.15. The minimum atomic E-state index is -0.219. The molecule has 3 amide bonds. The molecule has 0 fully saturated rings. The number of aromatic nitrogens is 1. The van der Waals surface area contributed by atoms with Crippen LogP contribution in [0.1, 0.15) is 16.1 Å². The summed E-state index contributed by atoms with van der Waals surface area (Å²) in [4.78, 5) is 26.6. The fourth-order valence-corrected chi connectivity index (χ4v) is 3.29. The van der Waals surface area contributed by atoms with Crippen molar-refractivity contribution >= 4 is 11.9 Å². The van der Waals surface area contributed by atoms with E-state index in [4.69, 9.17) is 4.74 Å². The van der Waals surface area contributed by atoms with E-state index in [2.05, 4.69) is 10.6 Å². The SMILES string of the molecule is COCCN1C(=O)c2cccn2CC1CNC(=O)NCCc1ccccc1. The van der Waals surface area contributed by atoms with Crippen LogP contribution in [-0.2, 0) is 17.7 Å². The second-order valence-corrected chi connectivity index (χ2v) is 6.56. The van der Waals surface area contributed by atoms with Crippen molar-refractivity contribution in [2.24, 2.45) is 0 Å². The molecule has 2 heterocycles. The second kappa shape index (κ2) is 9.23. The van der Waals surface area contributed by atoms with Crippen molar-refractivity contribution in [1.82, 2.24) is 20.1 Å². The number of rotatable bonds is 8. The van der Waals surface area contributed by atoms with Gasteiger partial charge in [-0.2, -0.15) is 0 Å². The quantitative estimate of drug-likeness (QED) is 0.739. The summed E-state index contributed by atoms with van der Waals surface area (Å²) in [5.74, 6) is -0.0282. The van der Waals surface area contributed by atoms with Gasteiger partial charge in [-0.25, -0.2) is 4.79 Å². The standard InChI is InChI=1S/C20H26N4O3/c1-27-13-12-24-17(15-23-11-5-8-18(23)19(24)25)14-22-20(26)21-10-9-16-6-3-2-4-7-16/h2-8,11,17H,9-10,12-15H2,1H3,(H2,21,22,26). The Balaban J connectivity index is 1.50. The monoisotopic (exact) mass is 370 g/mol. The molecule has 7 heteroatoms. The summed E-state index contributed by atoms with van der Waals surface area (Å²) in [6.45, 7) is 2.58. The first-order valence-corrected chi connectivity index (χ1v) is 9.19. The van der Waals surface area contributed by atoms with Crippen molar-refractivity contribution in [3.05, 3.63) is 59.9 Å². The summed E-state index contributed by atoms with van der Waals surface area (Å²) >= 11 is 0. The lowest BCUT2D eigenvalue weighted by molar-refractivity contribution is 0.0513. The van der Waals surface area contributed by atoms with Crippen molar-refractivity contribution < 1.29 is 14.3 Å². The average molecular weight is 370 g/mol. The first kappa shape index (κ1) is 19.0. The molecule has 7 nitrogen and oxygen atoms in total. The minimum absolute atomic E-state index is 0.0282. The molecular weight excluding hydrogens is 344 g/mol. The molecule has 2 aromatic rings. The maximum Gasteiger partial charge on any atom is 0.314 e. The van der Waals surface area contributed by atoms with Crippen LogP contribution in [0, 0.1) is 0 Å². The zero-order valence-corrected chi connectivity index (χ0v) is 15.6. The van der Waals surface area contributed by atoms with Gasteiger partial charge in [-0.1, -0.05) is 30.3 Å². The largest absolute Gasteiger partial charge is 0.383 e. The van der Waals surface area contributed by atoms with Gasteiger partial charge in [0.1, 0.15) is 5.69 Å². The zero-order valence-electron chi connectivity index (χ0n) is 15.6. The van der Waals surface area contributed by atoms with E-state index in [0.717, 1.165) is 6.42 Å². The number of amides is 3. The molecule has 1 atom stereocenters. The summed E-state index contributed by atoms with van der Waals surface area (Å²) in [6, 6.07) is 13.4. The van der Waals surface area contributed by atoms with Crippen molar-refractivity contribution in [2.45, 2.75) is 19.0 Å². The number of carbonyl (C=O) groups excluding carboxylic acids is 2. The Bertz CT molecular complexity index is 760. The molecule has 0 aliphatic carbocycles. The Hall–Kier alpha value is -2.80. The number of benzene rings is 1. The van der Waals surface area contributed by atoms with E-state index in [-0.39, 0.29) is 18.0 Å². The summed E-state index contributed by atoms with van der Waals surface area (Å²) < 4.78 is 7.07. The van der Waals surface area contributed by atoms with Crippen LogP contribution in [0.15, 0.2) is 48.7 Å². The predicted octanol–water partition coefficient (Wildman–Crippen LogP) is 1.50. The summed E-state index contributed by atoms with van der Waals surface area (Å²) in [5, 5.41) is 5.76. The number of nitrogens with one attached hydrogen (secondary N) is 2. The highest BCUT2D eigenvalue weighted by Gasteiger charge is 2.31. The topological polar surface area (TPSA) is 75.6 Å².